The molecule has 1 rings (SSSR count). The maximum Gasteiger partial charge on any atom is 0.312 e. The Kier molecular flexibility index (Phi) is 3.96. The van der Waals surface area contributed by atoms with Crippen LogP contribution in [0.3, 0.4) is 0 Å². The molecule has 0 aliphatic carbocycles. The first-order valence-electron chi connectivity index (χ1n) is 4.09. The number of esters is 1. The lowest BCUT2D eigenvalue weighted by Gasteiger charge is -2.11. The van der Waals surface area contributed by atoms with Gasteiger partial charge in [-0.1, -0.05) is 33.6 Å². The van der Waals surface area contributed by atoms with Crippen molar-refractivity contribution in [3.63, 3.8) is 0 Å². The number of hydrogen-bond acceptors (Lipinski definition) is 2. The summed E-state index contributed by atoms with van der Waals surface area (Å²) in [6, 6.07) is 5.32. The van der Waals surface area contributed by atoms with Gasteiger partial charge in [0, 0.05) is 9.50 Å². The highest BCUT2D eigenvalue weighted by atomic mass is 79.9. The fourth-order valence-electron chi connectivity index (χ4n) is 1.16. The predicted molar refractivity (Wildman–Crippen MR) is 59.6 cm³/mol. The van der Waals surface area contributed by atoms with E-state index in [1.807, 2.05) is 6.07 Å². The van der Waals surface area contributed by atoms with Gasteiger partial charge in [-0.25, -0.2) is 0 Å². The van der Waals surface area contributed by atoms with Gasteiger partial charge in [0.15, 0.2) is 0 Å². The lowest BCUT2D eigenvalue weighted by molar-refractivity contribution is -0.142. The summed E-state index contributed by atoms with van der Waals surface area (Å²) in [4.78, 5) is 11.3. The molecule has 1 atom stereocenters. The van der Waals surface area contributed by atoms with E-state index in [1.165, 1.54) is 7.11 Å². The summed E-state index contributed by atoms with van der Waals surface area (Å²) in [6.45, 7) is 1.79. The van der Waals surface area contributed by atoms with E-state index in [-0.39, 0.29) is 11.9 Å². The third-order valence-electron chi connectivity index (χ3n) is 1.98. The van der Waals surface area contributed by atoms with Crippen LogP contribution in [0.1, 0.15) is 18.4 Å². The molecular formula is C10H10BrClO2. The first-order chi connectivity index (χ1) is 6.56. The van der Waals surface area contributed by atoms with E-state index in [2.05, 4.69) is 20.7 Å². The van der Waals surface area contributed by atoms with E-state index in [9.17, 15) is 4.79 Å². The van der Waals surface area contributed by atoms with Crippen LogP contribution in [0.25, 0.3) is 0 Å². The zero-order valence-corrected chi connectivity index (χ0v) is 10.2. The molecule has 1 unspecified atom stereocenters. The van der Waals surface area contributed by atoms with Gasteiger partial charge >= 0.3 is 5.97 Å². The first kappa shape index (κ1) is 11.5. The van der Waals surface area contributed by atoms with Gasteiger partial charge in [-0.15, -0.1) is 0 Å². The second-order valence-electron chi connectivity index (χ2n) is 2.91. The van der Waals surface area contributed by atoms with E-state index in [0.717, 1.165) is 10.0 Å². The zero-order valence-electron chi connectivity index (χ0n) is 7.88. The Labute approximate surface area is 96.3 Å². The first-order valence-corrected chi connectivity index (χ1v) is 5.26. The molecule has 76 valence electrons. The minimum absolute atomic E-state index is 0.256. The normalized spacial score (nSPS) is 12.3. The summed E-state index contributed by atoms with van der Waals surface area (Å²) in [5, 5.41) is 0.637. The summed E-state index contributed by atoms with van der Waals surface area (Å²) < 4.78 is 5.48. The second-order valence-corrected chi connectivity index (χ2v) is 4.20. The zero-order chi connectivity index (χ0) is 10.7. The lowest BCUT2D eigenvalue weighted by atomic mass is 10.0. The van der Waals surface area contributed by atoms with Gasteiger partial charge in [0.2, 0.25) is 0 Å². The van der Waals surface area contributed by atoms with Crippen molar-refractivity contribution in [2.45, 2.75) is 12.8 Å². The van der Waals surface area contributed by atoms with Gasteiger partial charge in [0.05, 0.1) is 13.0 Å². The molecule has 0 radical (unpaired) electrons. The number of methoxy groups -OCH3 is 1. The average molecular weight is 278 g/mol. The number of ether oxygens (including phenoxy) is 1. The number of carbonyl (C=O) groups excluding carboxylic acids is 1. The molecule has 0 spiro atoms. The Bertz CT molecular complexity index is 352. The van der Waals surface area contributed by atoms with Crippen LogP contribution in [0.4, 0.5) is 0 Å². The van der Waals surface area contributed by atoms with Crippen LogP contribution >= 0.6 is 27.5 Å². The predicted octanol–water partition coefficient (Wildman–Crippen LogP) is 3.38. The summed E-state index contributed by atoms with van der Waals surface area (Å²) in [5.74, 6) is -0.542. The third kappa shape index (κ3) is 2.49. The van der Waals surface area contributed by atoms with Gasteiger partial charge in [0.25, 0.3) is 0 Å². The standard InChI is InChI=1S/C10H10BrClO2/c1-6(10(13)14-2)8-4-3-7(12)5-9(8)11/h3-6H,1-2H3. The number of hydrogen-bond donors (Lipinski definition) is 0. The molecule has 0 bridgehead atoms. The van der Waals surface area contributed by atoms with E-state index in [0.29, 0.717) is 5.02 Å². The summed E-state index contributed by atoms with van der Waals surface area (Å²) in [6.07, 6.45) is 0. The van der Waals surface area contributed by atoms with E-state index in [4.69, 9.17) is 11.6 Å². The molecule has 0 aromatic heterocycles. The van der Waals surface area contributed by atoms with Gasteiger partial charge in [0.1, 0.15) is 0 Å². The molecule has 0 saturated heterocycles. The molecule has 0 aliphatic rings. The lowest BCUT2D eigenvalue weighted by Crippen LogP contribution is -2.11. The molecule has 0 N–H and O–H groups in total. The smallest absolute Gasteiger partial charge is 0.312 e. The Morgan fingerprint density at radius 3 is 2.71 bits per heavy atom. The van der Waals surface area contributed by atoms with Crippen LogP contribution in [0.15, 0.2) is 22.7 Å². The molecule has 0 saturated carbocycles. The Morgan fingerprint density at radius 2 is 2.21 bits per heavy atom. The maximum absolute atomic E-state index is 11.3. The van der Waals surface area contributed by atoms with E-state index < -0.39 is 0 Å². The quantitative estimate of drug-likeness (QED) is 0.775. The van der Waals surface area contributed by atoms with Crippen molar-refractivity contribution in [3.05, 3.63) is 33.3 Å². The average Bonchev–Trinajstić information content (AvgIpc) is 2.15. The van der Waals surface area contributed by atoms with Crippen LogP contribution in [0, 0.1) is 0 Å². The topological polar surface area (TPSA) is 26.3 Å². The van der Waals surface area contributed by atoms with Crippen molar-refractivity contribution >= 4 is 33.5 Å². The highest BCUT2D eigenvalue weighted by molar-refractivity contribution is 9.10. The third-order valence-corrected chi connectivity index (χ3v) is 2.91. The van der Waals surface area contributed by atoms with E-state index in [1.54, 1.807) is 19.1 Å². The van der Waals surface area contributed by atoms with Gasteiger partial charge in [-0.3, -0.25) is 4.79 Å². The van der Waals surface area contributed by atoms with E-state index >= 15 is 0 Å². The minimum atomic E-state index is -0.286. The van der Waals surface area contributed by atoms with Gasteiger partial charge in [-0.2, -0.15) is 0 Å². The highest BCUT2D eigenvalue weighted by Gasteiger charge is 2.17. The van der Waals surface area contributed by atoms with Gasteiger partial charge < -0.3 is 4.74 Å². The van der Waals surface area contributed by atoms with Crippen LogP contribution in [0.2, 0.25) is 5.02 Å². The van der Waals surface area contributed by atoms with Crippen LogP contribution in [0.5, 0.6) is 0 Å². The van der Waals surface area contributed by atoms with Crippen LogP contribution < -0.4 is 0 Å². The molecule has 0 aliphatic heterocycles. The molecule has 0 heterocycles. The molecule has 0 fully saturated rings. The monoisotopic (exact) mass is 276 g/mol. The van der Waals surface area contributed by atoms with Crippen molar-refractivity contribution < 1.29 is 9.53 Å². The van der Waals surface area contributed by atoms with Gasteiger partial charge in [-0.05, 0) is 24.6 Å². The highest BCUT2D eigenvalue weighted by Crippen LogP contribution is 2.28. The van der Waals surface area contributed by atoms with Crippen molar-refractivity contribution in [1.29, 1.82) is 0 Å². The van der Waals surface area contributed by atoms with Crippen molar-refractivity contribution in [3.8, 4) is 0 Å². The summed E-state index contributed by atoms with van der Waals surface area (Å²) in [7, 11) is 1.38. The number of benzene rings is 1. The van der Waals surface area contributed by atoms with Crippen molar-refractivity contribution in [2.75, 3.05) is 7.11 Å². The number of halogens is 2. The number of rotatable bonds is 2. The number of carbonyl (C=O) groups is 1. The largest absolute Gasteiger partial charge is 0.469 e. The van der Waals surface area contributed by atoms with Crippen molar-refractivity contribution in [1.82, 2.24) is 0 Å². The molecule has 0 amide bonds. The minimum Gasteiger partial charge on any atom is -0.469 e. The van der Waals surface area contributed by atoms with Crippen LogP contribution in [-0.4, -0.2) is 13.1 Å². The Hall–Kier alpha value is -0.540. The Morgan fingerprint density at radius 1 is 1.57 bits per heavy atom. The molecule has 1 aromatic rings. The molecule has 1 aromatic carbocycles. The fraction of sp³-hybridized carbons (Fsp3) is 0.300. The summed E-state index contributed by atoms with van der Waals surface area (Å²) in [5.41, 5.74) is 0.876. The molecule has 14 heavy (non-hydrogen) atoms. The maximum atomic E-state index is 11.3. The molecular weight excluding hydrogens is 267 g/mol. The fourth-order valence-corrected chi connectivity index (χ4v) is 2.18. The SMILES string of the molecule is COC(=O)C(C)c1ccc(Cl)cc1Br. The molecule has 2 nitrogen and oxygen atoms in total. The van der Waals surface area contributed by atoms with Crippen LogP contribution in [-0.2, 0) is 9.53 Å². The molecule has 4 heteroatoms. The summed E-state index contributed by atoms with van der Waals surface area (Å²) >= 11 is 9.14. The van der Waals surface area contributed by atoms with Crippen molar-refractivity contribution in [2.24, 2.45) is 0 Å². The Balaban J connectivity index is 3.01. The second kappa shape index (κ2) is 4.80.